The van der Waals surface area contributed by atoms with Crippen LogP contribution in [0.1, 0.15) is 63.3 Å². The van der Waals surface area contributed by atoms with Crippen LogP contribution in [0.25, 0.3) is 34.1 Å². The van der Waals surface area contributed by atoms with Gasteiger partial charge in [0.1, 0.15) is 33.0 Å². The van der Waals surface area contributed by atoms with E-state index >= 15 is 8.78 Å². The molecule has 242 valence electrons. The lowest BCUT2D eigenvalue weighted by molar-refractivity contribution is -0.129. The summed E-state index contributed by atoms with van der Waals surface area (Å²) in [6.07, 6.45) is 3.44. The van der Waals surface area contributed by atoms with Crippen molar-refractivity contribution in [2.75, 3.05) is 24.5 Å². The molecule has 0 radical (unpaired) electrons. The molecule has 1 aromatic carbocycles. The highest BCUT2D eigenvalue weighted by atomic mass is 19.1. The fourth-order valence-electron chi connectivity index (χ4n) is 6.17. The fourth-order valence-corrected chi connectivity index (χ4v) is 6.17. The SMILES string of the molecule is BC(B)=Cc1cccc(F)c1-c1nc2c(cc1F)c(N1CCN(C(=O)C(=C)F)C[C@@H]1C)nc(=O)n2-c1c(C(C)C)ccnc1C(C)C. The highest BCUT2D eigenvalue weighted by molar-refractivity contribution is 6.50. The predicted molar refractivity (Wildman–Crippen MR) is 185 cm³/mol. The van der Waals surface area contributed by atoms with Crippen molar-refractivity contribution in [3.8, 4) is 16.9 Å². The number of carbonyl (C=O) groups is 1. The van der Waals surface area contributed by atoms with Gasteiger partial charge in [-0.3, -0.25) is 9.78 Å². The number of hydrogen-bond acceptors (Lipinski definition) is 6. The molecule has 1 aliphatic rings. The molecule has 5 rings (SSSR count). The quantitative estimate of drug-likeness (QED) is 0.219. The zero-order chi connectivity index (χ0) is 34.3. The van der Waals surface area contributed by atoms with Gasteiger partial charge in [-0.2, -0.15) is 4.98 Å². The lowest BCUT2D eigenvalue weighted by atomic mass is 9.77. The number of piperazine rings is 1. The molecule has 1 aliphatic heterocycles. The minimum Gasteiger partial charge on any atom is -0.350 e. The minimum absolute atomic E-state index is 0.0289. The van der Waals surface area contributed by atoms with E-state index in [9.17, 15) is 14.0 Å². The number of aromatic nitrogens is 4. The van der Waals surface area contributed by atoms with Crippen LogP contribution in [-0.2, 0) is 4.79 Å². The number of rotatable bonds is 7. The molecule has 13 heteroatoms. The maximum Gasteiger partial charge on any atom is 0.355 e. The second kappa shape index (κ2) is 13.2. The number of anilines is 1. The highest BCUT2D eigenvalue weighted by Crippen LogP contribution is 2.36. The van der Waals surface area contributed by atoms with Gasteiger partial charge in [-0.1, -0.05) is 52.5 Å². The Balaban J connectivity index is 1.87. The Morgan fingerprint density at radius 3 is 2.40 bits per heavy atom. The molecule has 0 saturated carbocycles. The summed E-state index contributed by atoms with van der Waals surface area (Å²) < 4.78 is 47.0. The number of benzene rings is 1. The van der Waals surface area contributed by atoms with Gasteiger partial charge in [0.25, 0.3) is 5.91 Å². The molecule has 0 spiro atoms. The summed E-state index contributed by atoms with van der Waals surface area (Å²) >= 11 is 0. The molecule has 0 aliphatic carbocycles. The molecule has 4 heterocycles. The zero-order valence-electron chi connectivity index (χ0n) is 27.7. The van der Waals surface area contributed by atoms with Crippen molar-refractivity contribution >= 4 is 44.5 Å². The Morgan fingerprint density at radius 1 is 1.06 bits per heavy atom. The molecule has 1 fully saturated rings. The third-order valence-electron chi connectivity index (χ3n) is 8.32. The first kappa shape index (κ1) is 33.7. The van der Waals surface area contributed by atoms with Crippen LogP contribution in [0.4, 0.5) is 19.0 Å². The predicted octanol–water partition coefficient (Wildman–Crippen LogP) is 4.45. The molecule has 47 heavy (non-hydrogen) atoms. The monoisotopic (exact) mass is 640 g/mol. The normalized spacial score (nSPS) is 15.1. The second-order valence-corrected chi connectivity index (χ2v) is 12.8. The van der Waals surface area contributed by atoms with E-state index in [4.69, 9.17) is 4.98 Å². The molecule has 1 amide bonds. The van der Waals surface area contributed by atoms with E-state index in [1.54, 1.807) is 36.2 Å². The first-order valence-corrected chi connectivity index (χ1v) is 15.7. The number of amides is 1. The average molecular weight is 640 g/mol. The molecule has 0 unspecified atom stereocenters. The molecule has 0 bridgehead atoms. The Hall–Kier alpha value is -4.67. The van der Waals surface area contributed by atoms with E-state index in [1.165, 1.54) is 21.6 Å². The minimum atomic E-state index is -1.06. The van der Waals surface area contributed by atoms with Crippen LogP contribution < -0.4 is 10.6 Å². The van der Waals surface area contributed by atoms with Crippen molar-refractivity contribution in [2.24, 2.45) is 0 Å². The second-order valence-electron chi connectivity index (χ2n) is 12.8. The molecule has 8 nitrogen and oxygen atoms in total. The number of hydrogen-bond donors (Lipinski definition) is 0. The van der Waals surface area contributed by atoms with Crippen molar-refractivity contribution in [2.45, 2.75) is 52.5 Å². The van der Waals surface area contributed by atoms with Gasteiger partial charge in [0.15, 0.2) is 17.3 Å². The van der Waals surface area contributed by atoms with Gasteiger partial charge in [0.05, 0.1) is 16.8 Å². The van der Waals surface area contributed by atoms with E-state index in [0.717, 1.165) is 10.9 Å². The molecule has 3 aromatic heterocycles. The molecular weight excluding hydrogens is 603 g/mol. The van der Waals surface area contributed by atoms with Crippen molar-refractivity contribution in [1.82, 2.24) is 24.4 Å². The molecule has 1 saturated heterocycles. The standard InChI is InChI=1S/C34H37B2F3N6O2/c1-17(2)22-10-11-40-28(18(3)4)30(22)45-32-23(15-25(39)29(41-32)27-21(14-26(35)36)8-7-9-24(27)38)31(42-34(45)47)44-13-12-43(16-19(44)5)33(46)20(6)37/h7-11,14-15,17-19H,6,12-13,16,35-36H2,1-5H3/t19-/m0/s1. The van der Waals surface area contributed by atoms with Gasteiger partial charge in [0, 0.05) is 37.4 Å². The number of nitrogens with zero attached hydrogens (tertiary/aromatic N) is 6. The van der Waals surface area contributed by atoms with Crippen molar-refractivity contribution < 1.29 is 18.0 Å². The van der Waals surface area contributed by atoms with E-state index in [-0.39, 0.29) is 59.6 Å². The summed E-state index contributed by atoms with van der Waals surface area (Å²) in [6, 6.07) is 7.13. The molecule has 4 aromatic rings. The maximum absolute atomic E-state index is 16.4. The third-order valence-corrected chi connectivity index (χ3v) is 8.32. The highest BCUT2D eigenvalue weighted by Gasteiger charge is 2.32. The van der Waals surface area contributed by atoms with Crippen molar-refractivity contribution in [3.63, 3.8) is 0 Å². The van der Waals surface area contributed by atoms with Crippen LogP contribution in [-0.4, -0.2) is 71.7 Å². The molecular formula is C34H37B2F3N6O2. The first-order valence-electron chi connectivity index (χ1n) is 15.7. The first-order chi connectivity index (χ1) is 22.2. The number of fused-ring (bicyclic) bond motifs is 1. The van der Waals surface area contributed by atoms with E-state index in [1.807, 2.05) is 49.5 Å². The maximum atomic E-state index is 16.4. The summed E-state index contributed by atoms with van der Waals surface area (Å²) in [7, 11) is 3.71. The Kier molecular flexibility index (Phi) is 9.47. The van der Waals surface area contributed by atoms with Gasteiger partial charge in [-0.15, -0.1) is 5.37 Å². The van der Waals surface area contributed by atoms with Crippen LogP contribution in [0, 0.1) is 11.6 Å². The lowest BCUT2D eigenvalue weighted by Gasteiger charge is -2.40. The lowest BCUT2D eigenvalue weighted by Crippen LogP contribution is -2.54. The van der Waals surface area contributed by atoms with Crippen molar-refractivity contribution in [3.05, 3.63) is 93.2 Å². The van der Waals surface area contributed by atoms with Crippen LogP contribution in [0.3, 0.4) is 0 Å². The summed E-state index contributed by atoms with van der Waals surface area (Å²) in [5.74, 6) is -3.29. The molecule has 0 N–H and O–H groups in total. The van der Waals surface area contributed by atoms with Crippen LogP contribution in [0.15, 0.2) is 59.1 Å². The van der Waals surface area contributed by atoms with Crippen LogP contribution in [0.2, 0.25) is 0 Å². The summed E-state index contributed by atoms with van der Waals surface area (Å²) in [4.78, 5) is 43.6. The van der Waals surface area contributed by atoms with Crippen LogP contribution >= 0.6 is 0 Å². The number of halogens is 3. The fraction of sp³-hybridized carbons (Fsp3) is 0.324. The van der Waals surface area contributed by atoms with Gasteiger partial charge in [0.2, 0.25) is 0 Å². The van der Waals surface area contributed by atoms with Gasteiger partial charge >= 0.3 is 5.69 Å². The largest absolute Gasteiger partial charge is 0.355 e. The smallest absolute Gasteiger partial charge is 0.350 e. The summed E-state index contributed by atoms with van der Waals surface area (Å²) in [6.45, 7) is 13.3. The zero-order valence-corrected chi connectivity index (χ0v) is 27.7. The third kappa shape index (κ3) is 6.35. The van der Waals surface area contributed by atoms with Gasteiger partial charge in [-0.25, -0.2) is 27.5 Å². The van der Waals surface area contributed by atoms with Gasteiger partial charge in [-0.05, 0) is 48.1 Å². The topological polar surface area (TPSA) is 84.2 Å². The average Bonchev–Trinajstić information content (AvgIpc) is 3.00. The summed E-state index contributed by atoms with van der Waals surface area (Å²) in [5, 5.41) is 1.10. The van der Waals surface area contributed by atoms with Crippen molar-refractivity contribution in [1.29, 1.82) is 0 Å². The Bertz CT molecular complexity index is 1960. The van der Waals surface area contributed by atoms with Gasteiger partial charge < -0.3 is 9.80 Å². The van der Waals surface area contributed by atoms with E-state index in [2.05, 4.69) is 16.5 Å². The number of pyridine rings is 2. The van der Waals surface area contributed by atoms with E-state index < -0.39 is 35.1 Å². The summed E-state index contributed by atoms with van der Waals surface area (Å²) in [5.41, 5.74) is 1.52. The van der Waals surface area contributed by atoms with Crippen LogP contribution in [0.5, 0.6) is 0 Å². The Labute approximate surface area is 273 Å². The molecule has 1 atom stereocenters. The Morgan fingerprint density at radius 2 is 1.79 bits per heavy atom. The number of carbonyl (C=O) groups excluding carboxylic acids is 1. The van der Waals surface area contributed by atoms with E-state index in [0.29, 0.717) is 16.9 Å².